The summed E-state index contributed by atoms with van der Waals surface area (Å²) < 4.78 is 20.3. The van der Waals surface area contributed by atoms with Crippen LogP contribution in [0.5, 0.6) is 0 Å². The number of benzene rings is 1. The summed E-state index contributed by atoms with van der Waals surface area (Å²) in [5, 5.41) is 0.906. The Labute approximate surface area is 244 Å². The fraction of sp³-hybridized carbons (Fsp3) is 0.676. The van der Waals surface area contributed by atoms with Gasteiger partial charge in [0.25, 0.3) is 0 Å². The Morgan fingerprint density at radius 1 is 1.00 bits per heavy atom. The maximum Gasteiger partial charge on any atom is 0.354 e. The summed E-state index contributed by atoms with van der Waals surface area (Å²) in [5.74, 6) is 1.00. The Morgan fingerprint density at radius 3 is 2.41 bits per heavy atom. The van der Waals surface area contributed by atoms with Gasteiger partial charge in [0.2, 0.25) is 5.91 Å². The number of esters is 1. The quantitative estimate of drug-likeness (QED) is 0.318. The fourth-order valence-corrected chi connectivity index (χ4v) is 8.04. The van der Waals surface area contributed by atoms with Gasteiger partial charge in [0.1, 0.15) is 5.69 Å². The van der Waals surface area contributed by atoms with E-state index in [1.165, 1.54) is 19.3 Å². The van der Waals surface area contributed by atoms with Crippen LogP contribution in [0.15, 0.2) is 24.3 Å². The van der Waals surface area contributed by atoms with E-state index < -0.39 is 0 Å². The second kappa shape index (κ2) is 13.1. The van der Waals surface area contributed by atoms with E-state index in [1.807, 2.05) is 47.7 Å². The third kappa shape index (κ3) is 6.24. The molecule has 2 aliphatic carbocycles. The Morgan fingerprint density at radius 2 is 1.73 bits per heavy atom. The number of amides is 1. The fourth-order valence-electron chi connectivity index (χ4n) is 8.04. The number of halogens is 1. The number of ketones is 1. The monoisotopic (exact) mass is 566 g/mol. The van der Waals surface area contributed by atoms with Crippen LogP contribution in [0.25, 0.3) is 10.9 Å². The molecule has 0 radical (unpaired) electrons. The average molecular weight is 567 g/mol. The summed E-state index contributed by atoms with van der Waals surface area (Å²) in [7, 11) is 1.85. The van der Waals surface area contributed by atoms with E-state index in [-0.39, 0.29) is 54.6 Å². The van der Waals surface area contributed by atoms with Crippen LogP contribution in [0.4, 0.5) is 4.39 Å². The van der Waals surface area contributed by atoms with Crippen molar-refractivity contribution in [2.45, 2.75) is 90.5 Å². The van der Waals surface area contributed by atoms with Gasteiger partial charge in [0.15, 0.2) is 5.78 Å². The van der Waals surface area contributed by atoms with Gasteiger partial charge in [-0.15, -0.1) is 0 Å². The molecule has 0 N–H and O–H groups in total. The molecule has 3 atom stereocenters. The molecule has 224 valence electrons. The molecule has 5 rings (SSSR count). The molecule has 2 aromatic rings. The minimum atomic E-state index is -0.366. The Balaban J connectivity index is 1.35. The molecule has 0 unspecified atom stereocenters. The van der Waals surface area contributed by atoms with Gasteiger partial charge >= 0.3 is 5.97 Å². The van der Waals surface area contributed by atoms with Crippen molar-refractivity contribution in [1.82, 2.24) is 9.47 Å². The number of fused-ring (bicyclic) bond motifs is 1. The number of carbonyl (C=O) groups is 3. The van der Waals surface area contributed by atoms with Crippen molar-refractivity contribution in [3.63, 3.8) is 0 Å². The topological polar surface area (TPSA) is 68.6 Å². The normalized spacial score (nSPS) is 26.3. The van der Waals surface area contributed by atoms with E-state index in [2.05, 4.69) is 0 Å². The van der Waals surface area contributed by atoms with Gasteiger partial charge < -0.3 is 14.2 Å². The van der Waals surface area contributed by atoms with Crippen molar-refractivity contribution in [3.8, 4) is 0 Å². The van der Waals surface area contributed by atoms with E-state index in [0.717, 1.165) is 61.4 Å². The van der Waals surface area contributed by atoms with Crippen molar-refractivity contribution in [1.29, 1.82) is 0 Å². The minimum absolute atomic E-state index is 0.0539. The van der Waals surface area contributed by atoms with E-state index in [0.29, 0.717) is 30.7 Å². The lowest BCUT2D eigenvalue weighted by Crippen LogP contribution is -2.48. The highest BCUT2D eigenvalue weighted by Gasteiger charge is 2.46. The first kappa shape index (κ1) is 29.8. The molecular formula is C34H47FN2O4. The Bertz CT molecular complexity index is 1240. The summed E-state index contributed by atoms with van der Waals surface area (Å²) in [4.78, 5) is 42.4. The van der Waals surface area contributed by atoms with Gasteiger partial charge in [0.05, 0.1) is 19.3 Å². The molecule has 41 heavy (non-hydrogen) atoms. The van der Waals surface area contributed by atoms with Crippen LogP contribution in [0.2, 0.25) is 0 Å². The second-order valence-corrected chi connectivity index (χ2v) is 12.9. The summed E-state index contributed by atoms with van der Waals surface area (Å²) >= 11 is 0. The zero-order valence-electron chi connectivity index (χ0n) is 25.1. The SMILES string of the molecule is CCOC(=O)c1cc2cc(CC(=O)[C@@H]3[C@H](C4CCCCC4)CCN3C(=O)C3CCC([C@H](C)CF)CC3)ccc2n1C. The first-order valence-electron chi connectivity index (χ1n) is 16.0. The van der Waals surface area contributed by atoms with Crippen LogP contribution in [0.3, 0.4) is 0 Å². The molecular weight excluding hydrogens is 519 g/mol. The maximum atomic E-state index is 14.1. The number of hydrogen-bond donors (Lipinski definition) is 0. The summed E-state index contributed by atoms with van der Waals surface area (Å²) in [6, 6.07) is 7.40. The lowest BCUT2D eigenvalue weighted by atomic mass is 9.74. The van der Waals surface area contributed by atoms with Gasteiger partial charge in [-0.25, -0.2) is 4.79 Å². The number of likely N-dealkylation sites (tertiary alicyclic amines) is 1. The highest BCUT2D eigenvalue weighted by Crippen LogP contribution is 2.42. The predicted octanol–water partition coefficient (Wildman–Crippen LogP) is 6.68. The van der Waals surface area contributed by atoms with Gasteiger partial charge in [-0.3, -0.25) is 14.0 Å². The average Bonchev–Trinajstić information content (AvgIpc) is 3.58. The molecule has 3 aliphatic rings. The lowest BCUT2D eigenvalue weighted by molar-refractivity contribution is -0.143. The van der Waals surface area contributed by atoms with Crippen LogP contribution >= 0.6 is 0 Å². The molecule has 1 aromatic carbocycles. The number of aromatic nitrogens is 1. The first-order chi connectivity index (χ1) is 19.8. The highest BCUT2D eigenvalue weighted by atomic mass is 19.1. The van der Waals surface area contributed by atoms with Crippen LogP contribution in [0, 0.1) is 29.6 Å². The van der Waals surface area contributed by atoms with Gasteiger partial charge in [-0.1, -0.05) is 45.1 Å². The molecule has 2 saturated carbocycles. The maximum absolute atomic E-state index is 14.1. The number of hydrogen-bond acceptors (Lipinski definition) is 4. The van der Waals surface area contributed by atoms with Gasteiger partial charge in [-0.05, 0) is 86.5 Å². The third-order valence-electron chi connectivity index (χ3n) is 10.5. The summed E-state index contributed by atoms with van der Waals surface area (Å²) in [6.45, 7) is 4.45. The molecule has 2 heterocycles. The summed E-state index contributed by atoms with van der Waals surface area (Å²) in [5.41, 5.74) is 2.32. The van der Waals surface area contributed by atoms with E-state index in [4.69, 9.17) is 4.74 Å². The number of ether oxygens (including phenoxy) is 1. The molecule has 0 spiro atoms. The van der Waals surface area contributed by atoms with Crippen molar-refractivity contribution in [2.24, 2.45) is 36.6 Å². The highest BCUT2D eigenvalue weighted by molar-refractivity contribution is 5.97. The third-order valence-corrected chi connectivity index (χ3v) is 10.5. The molecule has 1 aromatic heterocycles. The van der Waals surface area contributed by atoms with Gasteiger partial charge in [-0.2, -0.15) is 0 Å². The van der Waals surface area contributed by atoms with Crippen LogP contribution in [-0.4, -0.2) is 53.0 Å². The number of aryl methyl sites for hydroxylation is 1. The zero-order valence-corrected chi connectivity index (χ0v) is 25.1. The number of Topliss-reactive ketones (excluding diaryl/α,β-unsaturated/α-hetero) is 1. The van der Waals surface area contributed by atoms with E-state index in [1.54, 1.807) is 6.92 Å². The van der Waals surface area contributed by atoms with E-state index >= 15 is 0 Å². The van der Waals surface area contributed by atoms with Crippen LogP contribution in [0.1, 0.15) is 94.1 Å². The second-order valence-electron chi connectivity index (χ2n) is 12.9. The molecule has 7 heteroatoms. The zero-order chi connectivity index (χ0) is 29.1. The smallest absolute Gasteiger partial charge is 0.354 e. The molecule has 0 bridgehead atoms. The first-order valence-corrected chi connectivity index (χ1v) is 16.0. The largest absolute Gasteiger partial charge is 0.461 e. The lowest BCUT2D eigenvalue weighted by Gasteiger charge is -2.37. The standard InChI is InChI=1S/C34H47FN2O4/c1-4-41-34(40)30-20-27-18-23(10-15-29(27)36(30)3)19-31(38)32-28(25-8-6-5-7-9-25)16-17-37(32)33(39)26-13-11-24(12-14-26)22(2)21-35/h10,15,18,20,22,24-26,28,32H,4-9,11-14,16-17,19,21H2,1-3H3/t22-,24?,26?,28+,32+/m1/s1. The number of nitrogens with zero attached hydrogens (tertiary/aromatic N) is 2. The Kier molecular flexibility index (Phi) is 9.50. The van der Waals surface area contributed by atoms with Crippen molar-refractivity contribution < 1.29 is 23.5 Å². The molecule has 1 saturated heterocycles. The molecule has 6 nitrogen and oxygen atoms in total. The van der Waals surface area contributed by atoms with Crippen molar-refractivity contribution in [2.75, 3.05) is 19.8 Å². The van der Waals surface area contributed by atoms with E-state index in [9.17, 15) is 18.8 Å². The van der Waals surface area contributed by atoms with Crippen LogP contribution < -0.4 is 0 Å². The molecule has 1 amide bonds. The van der Waals surface area contributed by atoms with Crippen LogP contribution in [-0.2, 0) is 27.8 Å². The predicted molar refractivity (Wildman–Crippen MR) is 158 cm³/mol. The van der Waals surface area contributed by atoms with Gasteiger partial charge in [0, 0.05) is 36.8 Å². The molecule has 1 aliphatic heterocycles. The van der Waals surface area contributed by atoms with Crippen molar-refractivity contribution in [3.05, 3.63) is 35.5 Å². The summed E-state index contributed by atoms with van der Waals surface area (Å²) in [6.07, 6.45) is 10.5. The number of carbonyl (C=O) groups excluding carboxylic acids is 3. The number of rotatable bonds is 9. The number of alkyl halides is 1. The minimum Gasteiger partial charge on any atom is -0.461 e. The van der Waals surface area contributed by atoms with Crippen molar-refractivity contribution >= 4 is 28.6 Å². The Hall–Kier alpha value is -2.70. The molecule has 3 fully saturated rings.